The lowest BCUT2D eigenvalue weighted by molar-refractivity contribution is 0.0230. The Bertz CT molecular complexity index is 393. The summed E-state index contributed by atoms with van der Waals surface area (Å²) in [5.74, 6) is 0.720. The van der Waals surface area contributed by atoms with Crippen molar-refractivity contribution in [2.45, 2.75) is 26.0 Å². The predicted octanol–water partition coefficient (Wildman–Crippen LogP) is 2.10. The van der Waals surface area contributed by atoms with Crippen LogP contribution in [0.3, 0.4) is 0 Å². The third-order valence-corrected chi connectivity index (χ3v) is 2.66. The van der Waals surface area contributed by atoms with Gasteiger partial charge in [-0.25, -0.2) is 0 Å². The molecule has 0 fully saturated rings. The maximum Gasteiger partial charge on any atom is 0.174 e. The summed E-state index contributed by atoms with van der Waals surface area (Å²) >= 11 is 0. The summed E-state index contributed by atoms with van der Waals surface area (Å²) in [5.41, 5.74) is 1.02. The Labute approximate surface area is 109 Å². The van der Waals surface area contributed by atoms with Crippen molar-refractivity contribution in [1.29, 1.82) is 5.26 Å². The van der Waals surface area contributed by atoms with E-state index in [1.807, 2.05) is 44.2 Å². The van der Waals surface area contributed by atoms with E-state index in [-0.39, 0.29) is 12.2 Å². The zero-order chi connectivity index (χ0) is 13.4. The van der Waals surface area contributed by atoms with Crippen molar-refractivity contribution in [3.8, 4) is 11.8 Å². The standard InChI is InChI=1S/C14H20N2O2/c1-14(2,17-3)11-16-10-12-4-6-13(7-5-12)18-9-8-15/h4-7,16H,9-11H2,1-3H3. The van der Waals surface area contributed by atoms with Crippen molar-refractivity contribution < 1.29 is 9.47 Å². The molecule has 1 aromatic rings. The Morgan fingerprint density at radius 3 is 2.50 bits per heavy atom. The Balaban J connectivity index is 2.38. The maximum atomic E-state index is 8.40. The monoisotopic (exact) mass is 248 g/mol. The molecular weight excluding hydrogens is 228 g/mol. The van der Waals surface area contributed by atoms with Crippen LogP contribution in [-0.4, -0.2) is 25.9 Å². The van der Waals surface area contributed by atoms with E-state index in [1.165, 1.54) is 5.56 Å². The van der Waals surface area contributed by atoms with Gasteiger partial charge >= 0.3 is 0 Å². The number of nitrogens with zero attached hydrogens (tertiary/aromatic N) is 1. The average Bonchev–Trinajstić information content (AvgIpc) is 2.38. The van der Waals surface area contributed by atoms with Gasteiger partial charge in [0.1, 0.15) is 11.8 Å². The van der Waals surface area contributed by atoms with Crippen molar-refractivity contribution >= 4 is 0 Å². The zero-order valence-electron chi connectivity index (χ0n) is 11.2. The third-order valence-electron chi connectivity index (χ3n) is 2.66. The van der Waals surface area contributed by atoms with Crippen LogP contribution in [0.1, 0.15) is 19.4 Å². The van der Waals surface area contributed by atoms with Crippen LogP contribution in [0.2, 0.25) is 0 Å². The molecule has 98 valence electrons. The summed E-state index contributed by atoms with van der Waals surface area (Å²) in [7, 11) is 1.71. The Kier molecular flexibility index (Phi) is 5.63. The van der Waals surface area contributed by atoms with E-state index in [2.05, 4.69) is 5.32 Å². The number of hydrogen-bond donors (Lipinski definition) is 1. The molecule has 0 aromatic heterocycles. The lowest BCUT2D eigenvalue weighted by Crippen LogP contribution is -2.36. The lowest BCUT2D eigenvalue weighted by atomic mass is 10.1. The summed E-state index contributed by atoms with van der Waals surface area (Å²) in [4.78, 5) is 0. The largest absolute Gasteiger partial charge is 0.479 e. The first-order chi connectivity index (χ1) is 8.57. The summed E-state index contributed by atoms with van der Waals surface area (Å²) in [5, 5.41) is 11.7. The molecule has 1 rings (SSSR count). The van der Waals surface area contributed by atoms with E-state index in [1.54, 1.807) is 7.11 Å². The Morgan fingerprint density at radius 2 is 1.94 bits per heavy atom. The Morgan fingerprint density at radius 1 is 1.28 bits per heavy atom. The molecule has 0 bridgehead atoms. The van der Waals surface area contributed by atoms with Gasteiger partial charge in [-0.15, -0.1) is 0 Å². The van der Waals surface area contributed by atoms with Gasteiger partial charge in [-0.05, 0) is 31.5 Å². The van der Waals surface area contributed by atoms with Crippen molar-refractivity contribution in [3.05, 3.63) is 29.8 Å². The van der Waals surface area contributed by atoms with Crippen LogP contribution in [0, 0.1) is 11.3 Å². The minimum atomic E-state index is -0.157. The second-order valence-electron chi connectivity index (χ2n) is 4.66. The molecule has 0 atom stereocenters. The average molecular weight is 248 g/mol. The van der Waals surface area contributed by atoms with E-state index < -0.39 is 0 Å². The number of methoxy groups -OCH3 is 1. The molecule has 0 saturated heterocycles. The van der Waals surface area contributed by atoms with E-state index in [0.29, 0.717) is 0 Å². The fourth-order valence-electron chi connectivity index (χ4n) is 1.40. The number of nitriles is 1. The third kappa shape index (κ3) is 5.17. The highest BCUT2D eigenvalue weighted by Gasteiger charge is 2.14. The van der Waals surface area contributed by atoms with Crippen molar-refractivity contribution in [3.63, 3.8) is 0 Å². The van der Waals surface area contributed by atoms with Crippen molar-refractivity contribution in [2.75, 3.05) is 20.3 Å². The van der Waals surface area contributed by atoms with Crippen LogP contribution >= 0.6 is 0 Å². The molecule has 0 aliphatic carbocycles. The minimum Gasteiger partial charge on any atom is -0.479 e. The van der Waals surface area contributed by atoms with E-state index >= 15 is 0 Å². The van der Waals surface area contributed by atoms with Crippen LogP contribution in [0.15, 0.2) is 24.3 Å². The molecule has 0 unspecified atom stereocenters. The highest BCUT2D eigenvalue weighted by molar-refractivity contribution is 5.27. The first-order valence-electron chi connectivity index (χ1n) is 5.92. The quantitative estimate of drug-likeness (QED) is 0.803. The first-order valence-corrected chi connectivity index (χ1v) is 5.92. The van der Waals surface area contributed by atoms with Gasteiger partial charge in [-0.3, -0.25) is 0 Å². The molecule has 0 radical (unpaired) electrons. The molecule has 0 aliphatic rings. The fourth-order valence-corrected chi connectivity index (χ4v) is 1.40. The topological polar surface area (TPSA) is 54.3 Å². The van der Waals surface area contributed by atoms with Gasteiger partial charge in [-0.1, -0.05) is 12.1 Å². The molecular formula is C14H20N2O2. The molecule has 0 spiro atoms. The lowest BCUT2D eigenvalue weighted by Gasteiger charge is -2.23. The van der Waals surface area contributed by atoms with Gasteiger partial charge in [0.2, 0.25) is 0 Å². The van der Waals surface area contributed by atoms with Crippen molar-refractivity contribution in [2.24, 2.45) is 0 Å². The molecule has 4 nitrogen and oxygen atoms in total. The molecule has 1 aromatic carbocycles. The normalized spacial score (nSPS) is 11.0. The number of benzene rings is 1. The summed E-state index contributed by atoms with van der Waals surface area (Å²) < 4.78 is 10.5. The van der Waals surface area contributed by atoms with Gasteiger partial charge in [0.05, 0.1) is 5.60 Å². The van der Waals surface area contributed by atoms with E-state index in [9.17, 15) is 0 Å². The van der Waals surface area contributed by atoms with Crippen LogP contribution in [0.25, 0.3) is 0 Å². The number of hydrogen-bond acceptors (Lipinski definition) is 4. The molecule has 0 heterocycles. The van der Waals surface area contributed by atoms with E-state index in [0.717, 1.165) is 18.8 Å². The molecule has 1 N–H and O–H groups in total. The second kappa shape index (κ2) is 7.00. The van der Waals surface area contributed by atoms with Gasteiger partial charge in [0, 0.05) is 20.2 Å². The number of ether oxygens (including phenoxy) is 2. The van der Waals surface area contributed by atoms with Crippen LogP contribution < -0.4 is 10.1 Å². The summed E-state index contributed by atoms with van der Waals surface area (Å²) in [6.07, 6.45) is 0. The SMILES string of the molecule is COC(C)(C)CNCc1ccc(OCC#N)cc1. The smallest absolute Gasteiger partial charge is 0.174 e. The number of rotatable bonds is 7. The summed E-state index contributed by atoms with van der Waals surface area (Å²) in [6.45, 7) is 5.73. The number of nitrogens with one attached hydrogen (secondary N) is 1. The van der Waals surface area contributed by atoms with Gasteiger partial charge in [0.25, 0.3) is 0 Å². The fraction of sp³-hybridized carbons (Fsp3) is 0.500. The van der Waals surface area contributed by atoms with Gasteiger partial charge in [-0.2, -0.15) is 5.26 Å². The van der Waals surface area contributed by atoms with E-state index in [4.69, 9.17) is 14.7 Å². The van der Waals surface area contributed by atoms with Gasteiger partial charge < -0.3 is 14.8 Å². The molecule has 0 saturated carbocycles. The second-order valence-corrected chi connectivity index (χ2v) is 4.66. The molecule has 4 heteroatoms. The predicted molar refractivity (Wildman–Crippen MR) is 70.3 cm³/mol. The minimum absolute atomic E-state index is 0.0830. The van der Waals surface area contributed by atoms with Crippen molar-refractivity contribution in [1.82, 2.24) is 5.32 Å². The van der Waals surface area contributed by atoms with Crippen LogP contribution in [0.4, 0.5) is 0 Å². The van der Waals surface area contributed by atoms with Crippen LogP contribution in [0.5, 0.6) is 5.75 Å². The van der Waals surface area contributed by atoms with Crippen LogP contribution in [-0.2, 0) is 11.3 Å². The summed E-state index contributed by atoms with van der Waals surface area (Å²) in [6, 6.07) is 9.65. The maximum absolute atomic E-state index is 8.40. The molecule has 18 heavy (non-hydrogen) atoms. The zero-order valence-corrected chi connectivity index (χ0v) is 11.2. The molecule has 0 aliphatic heterocycles. The first kappa shape index (κ1) is 14.5. The van der Waals surface area contributed by atoms with Gasteiger partial charge in [0.15, 0.2) is 6.61 Å². The highest BCUT2D eigenvalue weighted by atomic mass is 16.5. The Hall–Kier alpha value is -1.57. The highest BCUT2D eigenvalue weighted by Crippen LogP contribution is 2.12. The molecule has 0 amide bonds.